The average Bonchev–Trinajstić information content (AvgIpc) is 2.77. The van der Waals surface area contributed by atoms with Crippen molar-refractivity contribution in [1.29, 1.82) is 5.26 Å². The lowest BCUT2D eigenvalue weighted by molar-refractivity contribution is -0.136. The second-order valence-corrected chi connectivity index (χ2v) is 7.47. The standard InChI is InChI=1S/C22H24ClN5O2/c23-18-8-7-17(16-24)20(15-18)26-22(30)21(29)25-9-4-10-27-11-13-28(14-12-27)19-5-2-1-3-6-19/h1-3,5-8,15H,4,9-14H2,(H,25,29)(H,26,30). The molecule has 1 aliphatic rings. The predicted octanol–water partition coefficient (Wildman–Crippen LogP) is 2.48. The van der Waals surface area contributed by atoms with Gasteiger partial charge in [-0.25, -0.2) is 0 Å². The Morgan fingerprint density at radius 3 is 2.47 bits per heavy atom. The zero-order valence-electron chi connectivity index (χ0n) is 16.6. The molecule has 1 saturated heterocycles. The van der Waals surface area contributed by atoms with Crippen molar-refractivity contribution in [2.24, 2.45) is 0 Å². The third kappa shape index (κ3) is 5.96. The van der Waals surface area contributed by atoms with Crippen LogP contribution in [0, 0.1) is 11.3 Å². The van der Waals surface area contributed by atoms with E-state index in [0.29, 0.717) is 11.6 Å². The number of rotatable bonds is 6. The van der Waals surface area contributed by atoms with Crippen molar-refractivity contribution in [3.8, 4) is 6.07 Å². The van der Waals surface area contributed by atoms with E-state index in [1.807, 2.05) is 24.3 Å². The van der Waals surface area contributed by atoms with Gasteiger partial charge in [-0.05, 0) is 43.3 Å². The lowest BCUT2D eigenvalue weighted by Crippen LogP contribution is -2.47. The third-order valence-electron chi connectivity index (χ3n) is 4.99. The number of amides is 2. The van der Waals surface area contributed by atoms with E-state index in [-0.39, 0.29) is 11.3 Å². The van der Waals surface area contributed by atoms with Crippen LogP contribution < -0.4 is 15.5 Å². The Morgan fingerprint density at radius 1 is 1.03 bits per heavy atom. The van der Waals surface area contributed by atoms with Gasteiger partial charge in [0.15, 0.2) is 0 Å². The van der Waals surface area contributed by atoms with E-state index in [1.54, 1.807) is 6.07 Å². The van der Waals surface area contributed by atoms with Crippen LogP contribution in [0.5, 0.6) is 0 Å². The number of nitrogens with zero attached hydrogens (tertiary/aromatic N) is 3. The van der Waals surface area contributed by atoms with Gasteiger partial charge in [0.05, 0.1) is 11.3 Å². The molecule has 2 amide bonds. The number of anilines is 2. The maximum Gasteiger partial charge on any atom is 0.313 e. The second-order valence-electron chi connectivity index (χ2n) is 7.03. The van der Waals surface area contributed by atoms with E-state index in [2.05, 4.69) is 32.6 Å². The fourth-order valence-electron chi connectivity index (χ4n) is 3.35. The molecule has 0 radical (unpaired) electrons. The van der Waals surface area contributed by atoms with Gasteiger partial charge in [-0.3, -0.25) is 14.5 Å². The number of piperazine rings is 1. The van der Waals surface area contributed by atoms with Crippen LogP contribution >= 0.6 is 11.6 Å². The smallest absolute Gasteiger partial charge is 0.313 e. The van der Waals surface area contributed by atoms with Crippen LogP contribution in [0.2, 0.25) is 5.02 Å². The minimum Gasteiger partial charge on any atom is -0.369 e. The van der Waals surface area contributed by atoms with E-state index in [9.17, 15) is 9.59 Å². The molecule has 1 aliphatic heterocycles. The first kappa shape index (κ1) is 21.6. The van der Waals surface area contributed by atoms with Gasteiger partial charge in [0.1, 0.15) is 6.07 Å². The summed E-state index contributed by atoms with van der Waals surface area (Å²) in [6.45, 7) is 5.15. The number of carbonyl (C=O) groups is 2. The molecule has 156 valence electrons. The number of benzene rings is 2. The summed E-state index contributed by atoms with van der Waals surface area (Å²) >= 11 is 5.89. The topological polar surface area (TPSA) is 88.5 Å². The molecule has 2 N–H and O–H groups in total. The summed E-state index contributed by atoms with van der Waals surface area (Å²) in [5, 5.41) is 14.5. The molecule has 30 heavy (non-hydrogen) atoms. The number of halogens is 1. The fraction of sp³-hybridized carbons (Fsp3) is 0.318. The van der Waals surface area contributed by atoms with E-state index < -0.39 is 11.8 Å². The van der Waals surface area contributed by atoms with Gasteiger partial charge in [-0.15, -0.1) is 0 Å². The molecule has 2 aromatic rings. The van der Waals surface area contributed by atoms with Crippen LogP contribution in [0.1, 0.15) is 12.0 Å². The molecule has 0 bridgehead atoms. The Bertz CT molecular complexity index is 921. The SMILES string of the molecule is N#Cc1ccc(Cl)cc1NC(=O)C(=O)NCCCN1CCN(c2ccccc2)CC1. The summed E-state index contributed by atoms with van der Waals surface area (Å²) in [5.41, 5.74) is 1.71. The van der Waals surface area contributed by atoms with Crippen LogP contribution in [-0.2, 0) is 9.59 Å². The number of carbonyl (C=O) groups excluding carboxylic acids is 2. The maximum atomic E-state index is 12.1. The number of hydrogen-bond acceptors (Lipinski definition) is 5. The van der Waals surface area contributed by atoms with Crippen LogP contribution in [-0.4, -0.2) is 56.0 Å². The highest BCUT2D eigenvalue weighted by molar-refractivity contribution is 6.40. The Labute approximate surface area is 181 Å². The number of hydrogen-bond donors (Lipinski definition) is 2. The lowest BCUT2D eigenvalue weighted by atomic mass is 10.2. The van der Waals surface area contributed by atoms with Crippen molar-refractivity contribution in [1.82, 2.24) is 10.2 Å². The predicted molar refractivity (Wildman–Crippen MR) is 118 cm³/mol. The molecule has 7 nitrogen and oxygen atoms in total. The maximum absolute atomic E-state index is 12.1. The van der Waals surface area contributed by atoms with Crippen molar-refractivity contribution < 1.29 is 9.59 Å². The first-order chi connectivity index (χ1) is 14.6. The highest BCUT2D eigenvalue weighted by Gasteiger charge is 2.18. The summed E-state index contributed by atoms with van der Waals surface area (Å²) in [7, 11) is 0. The molecule has 0 spiro atoms. The van der Waals surface area contributed by atoms with E-state index in [1.165, 1.54) is 17.8 Å². The monoisotopic (exact) mass is 425 g/mol. The van der Waals surface area contributed by atoms with Gasteiger partial charge in [0.25, 0.3) is 0 Å². The van der Waals surface area contributed by atoms with E-state index >= 15 is 0 Å². The average molecular weight is 426 g/mol. The summed E-state index contributed by atoms with van der Waals surface area (Å²) in [4.78, 5) is 28.8. The minimum absolute atomic E-state index is 0.224. The Kier molecular flexibility index (Phi) is 7.66. The molecule has 0 aliphatic carbocycles. The van der Waals surface area contributed by atoms with Gasteiger partial charge in [-0.2, -0.15) is 5.26 Å². The molecule has 0 saturated carbocycles. The zero-order valence-corrected chi connectivity index (χ0v) is 17.4. The van der Waals surface area contributed by atoms with Crippen molar-refractivity contribution in [2.45, 2.75) is 6.42 Å². The molecule has 3 rings (SSSR count). The minimum atomic E-state index is -0.815. The largest absolute Gasteiger partial charge is 0.369 e. The molecule has 1 heterocycles. The molecular formula is C22H24ClN5O2. The molecule has 0 aromatic heterocycles. The third-order valence-corrected chi connectivity index (χ3v) is 5.22. The van der Waals surface area contributed by atoms with Gasteiger partial charge in [-0.1, -0.05) is 29.8 Å². The van der Waals surface area contributed by atoms with Gasteiger partial charge in [0.2, 0.25) is 0 Å². The first-order valence-corrected chi connectivity index (χ1v) is 10.3. The van der Waals surface area contributed by atoms with Crippen LogP contribution in [0.4, 0.5) is 11.4 Å². The van der Waals surface area contributed by atoms with Gasteiger partial charge in [0, 0.05) is 43.4 Å². The fourth-order valence-corrected chi connectivity index (χ4v) is 3.52. The molecule has 1 fully saturated rings. The summed E-state index contributed by atoms with van der Waals surface area (Å²) < 4.78 is 0. The van der Waals surface area contributed by atoms with Crippen molar-refractivity contribution in [2.75, 3.05) is 49.5 Å². The zero-order chi connectivity index (χ0) is 21.3. The number of nitrogens with one attached hydrogen (secondary N) is 2. The van der Waals surface area contributed by atoms with Crippen molar-refractivity contribution in [3.05, 3.63) is 59.1 Å². The summed E-state index contributed by atoms with van der Waals surface area (Å²) in [6, 6.07) is 16.8. The van der Waals surface area contributed by atoms with Gasteiger partial charge >= 0.3 is 11.8 Å². The highest BCUT2D eigenvalue weighted by Crippen LogP contribution is 2.20. The Morgan fingerprint density at radius 2 is 1.77 bits per heavy atom. The Hall–Kier alpha value is -3.08. The molecule has 0 unspecified atom stereocenters. The van der Waals surface area contributed by atoms with E-state index in [0.717, 1.165) is 39.1 Å². The molecule has 0 atom stereocenters. The number of nitriles is 1. The second kappa shape index (κ2) is 10.6. The van der Waals surface area contributed by atoms with E-state index in [4.69, 9.17) is 16.9 Å². The molecular weight excluding hydrogens is 402 g/mol. The Balaban J connectivity index is 1.36. The molecule has 8 heteroatoms. The van der Waals surface area contributed by atoms with Crippen LogP contribution in [0.25, 0.3) is 0 Å². The number of para-hydroxylation sites is 1. The van der Waals surface area contributed by atoms with Crippen LogP contribution in [0.3, 0.4) is 0 Å². The summed E-state index contributed by atoms with van der Waals surface area (Å²) in [6.07, 6.45) is 0.755. The van der Waals surface area contributed by atoms with Crippen molar-refractivity contribution in [3.63, 3.8) is 0 Å². The van der Waals surface area contributed by atoms with Gasteiger partial charge < -0.3 is 15.5 Å². The first-order valence-electron chi connectivity index (χ1n) is 9.88. The normalized spacial score (nSPS) is 14.1. The summed E-state index contributed by atoms with van der Waals surface area (Å²) in [5.74, 6) is -1.54. The quantitative estimate of drug-likeness (QED) is 0.548. The van der Waals surface area contributed by atoms with Crippen molar-refractivity contribution >= 4 is 34.8 Å². The molecule has 2 aromatic carbocycles. The lowest BCUT2D eigenvalue weighted by Gasteiger charge is -2.36. The van der Waals surface area contributed by atoms with Crippen LogP contribution in [0.15, 0.2) is 48.5 Å². The highest BCUT2D eigenvalue weighted by atomic mass is 35.5.